The fourth-order valence-corrected chi connectivity index (χ4v) is 7.94. The molecule has 0 fully saturated rings. The average molecular weight is 675 g/mol. The fourth-order valence-electron chi connectivity index (χ4n) is 7.94. The third kappa shape index (κ3) is 4.80. The van der Waals surface area contributed by atoms with Crippen LogP contribution in [0.25, 0.3) is 72.7 Å². The number of pyridine rings is 2. The van der Waals surface area contributed by atoms with Gasteiger partial charge in [0.25, 0.3) is 0 Å². The Labute approximate surface area is 304 Å². The maximum absolute atomic E-state index is 11.3. The van der Waals surface area contributed by atoms with Crippen molar-refractivity contribution in [3.8, 4) is 67.7 Å². The number of fused-ring (bicyclic) bond motifs is 4. The molecule has 252 valence electrons. The van der Waals surface area contributed by atoms with Gasteiger partial charge in [0.15, 0.2) is 0 Å². The highest BCUT2D eigenvalue weighted by Gasteiger charge is 2.47. The molecular weight excluding hydrogens is 637 g/mol. The van der Waals surface area contributed by atoms with E-state index in [1.54, 1.807) is 6.07 Å². The number of rotatable bonds is 5. The second-order valence-electron chi connectivity index (χ2n) is 14.7. The molecule has 3 aromatic heterocycles. The predicted molar refractivity (Wildman–Crippen MR) is 212 cm³/mol. The number of benzene rings is 5. The fraction of sp³-hybridized carbons (Fsp3) is 0.128. The van der Waals surface area contributed by atoms with Crippen molar-refractivity contribution in [1.29, 1.82) is 0 Å². The highest BCUT2D eigenvalue weighted by Crippen LogP contribution is 2.55. The van der Waals surface area contributed by atoms with Crippen molar-refractivity contribution in [3.63, 3.8) is 0 Å². The number of imidazole rings is 1. The molecule has 8 aromatic rings. The quantitative estimate of drug-likeness (QED) is 0.197. The molecule has 5 heteroatoms. The summed E-state index contributed by atoms with van der Waals surface area (Å²) >= 11 is 0. The number of aromatic nitrogens is 4. The molecule has 52 heavy (non-hydrogen) atoms. The van der Waals surface area contributed by atoms with Gasteiger partial charge in [-0.15, -0.1) is 0 Å². The molecule has 9 rings (SSSR count). The zero-order valence-electron chi connectivity index (χ0n) is 29.7. The zero-order valence-corrected chi connectivity index (χ0v) is 29.7. The molecule has 0 amide bonds. The van der Waals surface area contributed by atoms with Crippen molar-refractivity contribution in [2.75, 3.05) is 0 Å². The van der Waals surface area contributed by atoms with Gasteiger partial charge in [-0.1, -0.05) is 149 Å². The van der Waals surface area contributed by atoms with Gasteiger partial charge in [-0.2, -0.15) is 0 Å². The Morgan fingerprint density at radius 2 is 1.17 bits per heavy atom. The number of phenolic OH excluding ortho intramolecular Hbond substituents is 1. The molecule has 0 radical (unpaired) electrons. The van der Waals surface area contributed by atoms with Crippen LogP contribution in [0.2, 0.25) is 0 Å². The molecule has 0 bridgehead atoms. The van der Waals surface area contributed by atoms with Crippen molar-refractivity contribution in [2.24, 2.45) is 0 Å². The molecule has 5 aromatic carbocycles. The number of hydrogen-bond acceptors (Lipinski definition) is 4. The number of phenols is 1. The van der Waals surface area contributed by atoms with Gasteiger partial charge >= 0.3 is 0 Å². The molecule has 0 spiro atoms. The van der Waals surface area contributed by atoms with Gasteiger partial charge in [0.2, 0.25) is 0 Å². The molecule has 0 saturated heterocycles. The Kier molecular flexibility index (Phi) is 7.23. The van der Waals surface area contributed by atoms with E-state index in [1.165, 1.54) is 0 Å². The number of hydrogen-bond donors (Lipinski definition) is 1. The summed E-state index contributed by atoms with van der Waals surface area (Å²) in [7, 11) is 0. The highest BCUT2D eigenvalue weighted by atomic mass is 16.3. The van der Waals surface area contributed by atoms with Gasteiger partial charge in [0, 0.05) is 51.6 Å². The van der Waals surface area contributed by atoms with Crippen LogP contribution < -0.4 is 0 Å². The van der Waals surface area contributed by atoms with E-state index < -0.39 is 0 Å². The minimum atomic E-state index is -0.243. The average Bonchev–Trinajstić information content (AvgIpc) is 3.62. The molecule has 1 aliphatic rings. The summed E-state index contributed by atoms with van der Waals surface area (Å²) in [6.07, 6.45) is 5.93. The lowest BCUT2D eigenvalue weighted by molar-refractivity contribution is 0.296. The summed E-state index contributed by atoms with van der Waals surface area (Å²) in [5.41, 5.74) is 11.1. The molecule has 3 heterocycles. The van der Waals surface area contributed by atoms with Gasteiger partial charge in [0.05, 0.1) is 17.1 Å². The van der Waals surface area contributed by atoms with Gasteiger partial charge in [-0.25, -0.2) is 9.97 Å². The number of nitrogens with zero attached hydrogens (tertiary/aromatic N) is 4. The van der Waals surface area contributed by atoms with E-state index in [0.717, 1.165) is 83.9 Å². The van der Waals surface area contributed by atoms with Crippen LogP contribution in [-0.2, 0) is 10.8 Å². The molecule has 1 N–H and O–H groups in total. The smallest absolute Gasteiger partial charge is 0.147 e. The maximum atomic E-state index is 11.3. The second-order valence-corrected chi connectivity index (χ2v) is 14.7. The maximum Gasteiger partial charge on any atom is 0.147 e. The lowest BCUT2D eigenvalue weighted by atomic mass is 9.56. The molecule has 0 saturated carbocycles. The lowest BCUT2D eigenvalue weighted by Gasteiger charge is -2.47. The second kappa shape index (κ2) is 11.9. The van der Waals surface area contributed by atoms with Gasteiger partial charge in [0.1, 0.15) is 17.3 Å². The molecule has 5 nitrogen and oxygen atoms in total. The first kappa shape index (κ1) is 31.6. The Balaban J connectivity index is 1.35. The van der Waals surface area contributed by atoms with Crippen LogP contribution in [-0.4, -0.2) is 24.6 Å². The minimum Gasteiger partial charge on any atom is -0.507 e. The summed E-state index contributed by atoms with van der Waals surface area (Å²) in [5, 5.41) is 13.4. The Hall–Kier alpha value is -6.33. The van der Waals surface area contributed by atoms with Gasteiger partial charge < -0.3 is 5.11 Å². The van der Waals surface area contributed by atoms with E-state index in [0.29, 0.717) is 0 Å². The van der Waals surface area contributed by atoms with E-state index in [1.807, 2.05) is 36.7 Å². The van der Waals surface area contributed by atoms with E-state index in [2.05, 4.69) is 142 Å². The van der Waals surface area contributed by atoms with Crippen molar-refractivity contribution < 1.29 is 5.11 Å². The van der Waals surface area contributed by atoms with E-state index in [4.69, 9.17) is 15.0 Å². The molecular formula is C47H38N4O. The first-order valence-electron chi connectivity index (χ1n) is 17.8. The van der Waals surface area contributed by atoms with Crippen LogP contribution in [0.1, 0.15) is 38.8 Å². The first-order chi connectivity index (χ1) is 25.2. The normalized spacial score (nSPS) is 14.2. The third-order valence-corrected chi connectivity index (χ3v) is 11.4. The predicted octanol–water partition coefficient (Wildman–Crippen LogP) is 11.4. The molecule has 0 aliphatic heterocycles. The summed E-state index contributed by atoms with van der Waals surface area (Å²) in [6.45, 7) is 9.05. The molecule has 1 aliphatic carbocycles. The van der Waals surface area contributed by atoms with Crippen LogP contribution >= 0.6 is 0 Å². The van der Waals surface area contributed by atoms with Gasteiger partial charge in [-0.05, 0) is 45.2 Å². The van der Waals surface area contributed by atoms with Gasteiger partial charge in [-0.3, -0.25) is 9.55 Å². The van der Waals surface area contributed by atoms with Crippen LogP contribution in [0.5, 0.6) is 5.75 Å². The third-order valence-electron chi connectivity index (χ3n) is 11.4. The van der Waals surface area contributed by atoms with E-state index in [-0.39, 0.29) is 16.6 Å². The topological polar surface area (TPSA) is 63.8 Å². The standard InChI is InChI=1S/C47H38N4O/c1-46(2)37-23-14-24-41(52)42(37)43-38(47(46,3)4)25-26-39(49-43)40-29-51(45(50-40)36-28-48-27-32-19-11-12-20-33(32)36)44-34(30-15-7-5-8-16-30)21-13-22-35(44)31-17-9-6-10-18-31/h5-29,52H,1-4H3. The van der Waals surface area contributed by atoms with Crippen molar-refractivity contribution in [1.82, 2.24) is 19.5 Å². The summed E-state index contributed by atoms with van der Waals surface area (Å²) in [6, 6.07) is 45.9. The van der Waals surface area contributed by atoms with E-state index >= 15 is 0 Å². The van der Waals surface area contributed by atoms with Crippen LogP contribution in [0.15, 0.2) is 152 Å². The minimum absolute atomic E-state index is 0.234. The number of para-hydroxylation sites is 1. The molecule has 0 atom stereocenters. The van der Waals surface area contributed by atoms with Crippen LogP contribution in [0, 0.1) is 0 Å². The zero-order chi connectivity index (χ0) is 35.6. The first-order valence-corrected chi connectivity index (χ1v) is 17.8. The lowest BCUT2D eigenvalue weighted by Crippen LogP contribution is -2.43. The Bertz CT molecular complexity index is 2570. The SMILES string of the molecule is CC1(C)c2ccc(-c3cn(-c4c(-c5ccccc5)cccc4-c4ccccc4)c(-c4cncc5ccccc45)n3)nc2-c2c(O)cccc2C1(C)C. The summed E-state index contributed by atoms with van der Waals surface area (Å²) in [4.78, 5) is 15.5. The Morgan fingerprint density at radius 1 is 0.538 bits per heavy atom. The monoisotopic (exact) mass is 674 g/mol. The Morgan fingerprint density at radius 3 is 1.88 bits per heavy atom. The van der Waals surface area contributed by atoms with Crippen molar-refractivity contribution in [2.45, 2.75) is 38.5 Å². The van der Waals surface area contributed by atoms with Crippen molar-refractivity contribution >= 4 is 10.8 Å². The summed E-state index contributed by atoms with van der Waals surface area (Å²) in [5.74, 6) is 1.01. The largest absolute Gasteiger partial charge is 0.507 e. The van der Waals surface area contributed by atoms with E-state index in [9.17, 15) is 5.11 Å². The van der Waals surface area contributed by atoms with Crippen LogP contribution in [0.3, 0.4) is 0 Å². The van der Waals surface area contributed by atoms with Crippen molar-refractivity contribution in [3.05, 3.63) is 163 Å². The van der Waals surface area contributed by atoms with Crippen LogP contribution in [0.4, 0.5) is 0 Å². The highest BCUT2D eigenvalue weighted by molar-refractivity contribution is 5.96. The summed E-state index contributed by atoms with van der Waals surface area (Å²) < 4.78 is 2.23. The molecule has 0 unspecified atom stereocenters. The number of aromatic hydroxyl groups is 1.